The number of hydrogen-bond donors (Lipinski definition) is 2. The third kappa shape index (κ3) is 3.67. The number of carbonyl (C=O) groups is 1. The van der Waals surface area contributed by atoms with Crippen molar-refractivity contribution in [1.29, 1.82) is 0 Å². The molecule has 1 aliphatic rings. The highest BCUT2D eigenvalue weighted by Gasteiger charge is 2.26. The molecule has 2 N–H and O–H groups in total. The van der Waals surface area contributed by atoms with Crippen LogP contribution in [0.15, 0.2) is 18.2 Å². The number of anilines is 1. The fraction of sp³-hybridized carbons (Fsp3) is 0.500. The Morgan fingerprint density at radius 2 is 2.37 bits per heavy atom. The fourth-order valence-corrected chi connectivity index (χ4v) is 2.55. The van der Waals surface area contributed by atoms with E-state index in [1.54, 1.807) is 0 Å². The van der Waals surface area contributed by atoms with Crippen molar-refractivity contribution in [3.8, 4) is 0 Å². The molecule has 0 saturated carbocycles. The third-order valence-corrected chi connectivity index (χ3v) is 3.83. The summed E-state index contributed by atoms with van der Waals surface area (Å²) in [6.07, 6.45) is 2.95. The van der Waals surface area contributed by atoms with Crippen LogP contribution in [-0.4, -0.2) is 18.5 Å². The summed E-state index contributed by atoms with van der Waals surface area (Å²) in [7, 11) is 0. The van der Waals surface area contributed by atoms with Crippen LogP contribution < -0.4 is 10.6 Å². The lowest BCUT2D eigenvalue weighted by molar-refractivity contribution is -0.119. The van der Waals surface area contributed by atoms with E-state index >= 15 is 0 Å². The van der Waals surface area contributed by atoms with E-state index in [2.05, 4.69) is 17.6 Å². The van der Waals surface area contributed by atoms with Crippen LogP contribution in [0.25, 0.3) is 0 Å². The van der Waals surface area contributed by atoms with Crippen LogP contribution >= 0.6 is 11.6 Å². The highest BCUT2D eigenvalue weighted by Crippen LogP contribution is 2.22. The molecular formula is C14H18ClFN2O. The van der Waals surface area contributed by atoms with E-state index in [9.17, 15) is 9.18 Å². The average molecular weight is 285 g/mol. The monoisotopic (exact) mass is 284 g/mol. The molecule has 0 spiro atoms. The van der Waals surface area contributed by atoms with Crippen molar-refractivity contribution in [3.05, 3.63) is 29.0 Å². The van der Waals surface area contributed by atoms with Crippen LogP contribution in [0, 0.1) is 11.7 Å². The Morgan fingerprint density at radius 3 is 3.11 bits per heavy atom. The number of carbonyl (C=O) groups excluding carboxylic acids is 1. The van der Waals surface area contributed by atoms with Crippen molar-refractivity contribution in [2.45, 2.75) is 32.2 Å². The Balaban J connectivity index is 2.02. The van der Waals surface area contributed by atoms with Gasteiger partial charge in [-0.2, -0.15) is 0 Å². The highest BCUT2D eigenvalue weighted by atomic mass is 35.5. The molecule has 1 aliphatic heterocycles. The zero-order chi connectivity index (χ0) is 13.8. The molecule has 19 heavy (non-hydrogen) atoms. The normalized spacial score (nSPS) is 23.1. The van der Waals surface area contributed by atoms with Crippen LogP contribution in [0.4, 0.5) is 10.1 Å². The van der Waals surface area contributed by atoms with Gasteiger partial charge in [0.15, 0.2) is 0 Å². The molecule has 0 radical (unpaired) electrons. The molecule has 1 aromatic rings. The quantitative estimate of drug-likeness (QED) is 0.895. The van der Waals surface area contributed by atoms with Gasteiger partial charge in [0.1, 0.15) is 5.82 Å². The lowest BCUT2D eigenvalue weighted by atomic mass is 9.90. The first kappa shape index (κ1) is 14.3. The maximum Gasteiger partial charge on any atom is 0.241 e. The highest BCUT2D eigenvalue weighted by molar-refractivity contribution is 6.30. The van der Waals surface area contributed by atoms with E-state index in [1.165, 1.54) is 18.2 Å². The molecule has 2 atom stereocenters. The van der Waals surface area contributed by atoms with Crippen LogP contribution in [0.1, 0.15) is 26.2 Å². The van der Waals surface area contributed by atoms with Crippen molar-refractivity contribution in [2.24, 2.45) is 5.92 Å². The summed E-state index contributed by atoms with van der Waals surface area (Å²) in [6.45, 7) is 2.95. The third-order valence-electron chi connectivity index (χ3n) is 3.59. The summed E-state index contributed by atoms with van der Waals surface area (Å²) in [5, 5.41) is 6.18. The first-order valence-electron chi connectivity index (χ1n) is 6.59. The fourth-order valence-electron chi connectivity index (χ4n) is 2.38. The van der Waals surface area contributed by atoms with Crippen LogP contribution in [0.2, 0.25) is 5.02 Å². The zero-order valence-corrected chi connectivity index (χ0v) is 11.6. The van der Waals surface area contributed by atoms with Gasteiger partial charge in [-0.1, -0.05) is 24.9 Å². The smallest absolute Gasteiger partial charge is 0.241 e. The first-order valence-corrected chi connectivity index (χ1v) is 6.97. The van der Waals surface area contributed by atoms with Gasteiger partial charge in [0.2, 0.25) is 5.91 Å². The second-order valence-corrected chi connectivity index (χ2v) is 5.36. The number of benzene rings is 1. The number of amides is 1. The Labute approximate surface area is 117 Å². The molecule has 2 rings (SSSR count). The largest absolute Gasteiger partial charge is 0.322 e. The van der Waals surface area contributed by atoms with E-state index < -0.39 is 5.82 Å². The summed E-state index contributed by atoms with van der Waals surface area (Å²) in [5.74, 6) is -0.110. The zero-order valence-electron chi connectivity index (χ0n) is 10.9. The molecule has 1 fully saturated rings. The number of halogens is 2. The van der Waals surface area contributed by atoms with Crippen LogP contribution in [-0.2, 0) is 4.79 Å². The van der Waals surface area contributed by atoms with Crippen LogP contribution in [0.5, 0.6) is 0 Å². The molecule has 0 aromatic heterocycles. The molecule has 5 heteroatoms. The molecular weight excluding hydrogens is 267 g/mol. The summed E-state index contributed by atoms with van der Waals surface area (Å²) in [4.78, 5) is 12.1. The van der Waals surface area contributed by atoms with Crippen molar-refractivity contribution < 1.29 is 9.18 Å². The Morgan fingerprint density at radius 1 is 1.58 bits per heavy atom. The minimum atomic E-state index is -0.472. The van der Waals surface area contributed by atoms with Gasteiger partial charge >= 0.3 is 0 Å². The second-order valence-electron chi connectivity index (χ2n) is 4.92. The standard InChI is InChI=1S/C14H18ClFN2O/c1-2-9-5-6-17-13(7-9)14(19)18-12-8-10(15)3-4-11(12)16/h3-4,8-9,13,17H,2,5-7H2,1H3,(H,18,19). The number of nitrogens with one attached hydrogen (secondary N) is 2. The molecule has 1 amide bonds. The molecule has 1 saturated heterocycles. The molecule has 0 bridgehead atoms. The lowest BCUT2D eigenvalue weighted by Gasteiger charge is -2.28. The van der Waals surface area contributed by atoms with Crippen molar-refractivity contribution in [2.75, 3.05) is 11.9 Å². The molecule has 1 aromatic carbocycles. The lowest BCUT2D eigenvalue weighted by Crippen LogP contribution is -2.46. The van der Waals surface area contributed by atoms with Crippen LogP contribution in [0.3, 0.4) is 0 Å². The Kier molecular flexibility index (Phi) is 4.77. The van der Waals surface area contributed by atoms with E-state index in [0.29, 0.717) is 10.9 Å². The predicted octanol–water partition coefficient (Wildman–Crippen LogP) is 3.20. The van der Waals surface area contributed by atoms with Gasteiger partial charge in [0.05, 0.1) is 11.7 Å². The van der Waals surface area contributed by atoms with E-state index in [0.717, 1.165) is 25.8 Å². The SMILES string of the molecule is CCC1CCNC(C(=O)Nc2cc(Cl)ccc2F)C1. The summed E-state index contributed by atoms with van der Waals surface area (Å²) >= 11 is 5.80. The van der Waals surface area contributed by atoms with Crippen molar-refractivity contribution in [1.82, 2.24) is 5.32 Å². The maximum atomic E-state index is 13.5. The van der Waals surface area contributed by atoms with Gasteiger partial charge in [-0.25, -0.2) is 4.39 Å². The summed E-state index contributed by atoms with van der Waals surface area (Å²) in [5.41, 5.74) is 0.137. The topological polar surface area (TPSA) is 41.1 Å². The van der Waals surface area contributed by atoms with E-state index in [-0.39, 0.29) is 17.6 Å². The van der Waals surface area contributed by atoms with Crippen molar-refractivity contribution in [3.63, 3.8) is 0 Å². The second kappa shape index (κ2) is 6.35. The number of rotatable bonds is 3. The van der Waals surface area contributed by atoms with Gasteiger partial charge in [0.25, 0.3) is 0 Å². The summed E-state index contributed by atoms with van der Waals surface area (Å²) in [6, 6.07) is 3.88. The molecule has 104 valence electrons. The summed E-state index contributed by atoms with van der Waals surface area (Å²) < 4.78 is 13.5. The minimum absolute atomic E-state index is 0.137. The number of piperidine rings is 1. The molecule has 0 aliphatic carbocycles. The molecule has 3 nitrogen and oxygen atoms in total. The van der Waals surface area contributed by atoms with Gasteiger partial charge in [-0.05, 0) is 43.5 Å². The Bertz CT molecular complexity index is 467. The van der Waals surface area contributed by atoms with Gasteiger partial charge in [-0.3, -0.25) is 4.79 Å². The van der Waals surface area contributed by atoms with Crippen molar-refractivity contribution >= 4 is 23.2 Å². The average Bonchev–Trinajstić information content (AvgIpc) is 2.43. The maximum absolute atomic E-state index is 13.5. The predicted molar refractivity (Wildman–Crippen MR) is 74.8 cm³/mol. The van der Waals surface area contributed by atoms with E-state index in [1.807, 2.05) is 0 Å². The van der Waals surface area contributed by atoms with E-state index in [4.69, 9.17) is 11.6 Å². The van der Waals surface area contributed by atoms with Gasteiger partial charge < -0.3 is 10.6 Å². The Hall–Kier alpha value is -1.13. The first-order chi connectivity index (χ1) is 9.10. The van der Waals surface area contributed by atoms with Gasteiger partial charge in [0, 0.05) is 5.02 Å². The van der Waals surface area contributed by atoms with Gasteiger partial charge in [-0.15, -0.1) is 0 Å². The molecule has 2 unspecified atom stereocenters. The molecule has 1 heterocycles. The number of hydrogen-bond acceptors (Lipinski definition) is 2. The minimum Gasteiger partial charge on any atom is -0.322 e.